The number of pyridine rings is 1. The normalized spacial score (nSPS) is 19.0. The molecular formula is C18H27N5O. The van der Waals surface area contributed by atoms with E-state index in [-0.39, 0.29) is 5.91 Å². The number of carbonyl (C=O) groups is 1. The molecule has 1 saturated heterocycles. The molecule has 2 aromatic heterocycles. The topological polar surface area (TPSA) is 62.5 Å². The monoisotopic (exact) mass is 329 g/mol. The van der Waals surface area contributed by atoms with Crippen LogP contribution >= 0.6 is 0 Å². The van der Waals surface area contributed by atoms with Crippen LogP contribution in [0.15, 0.2) is 24.7 Å². The average molecular weight is 329 g/mol. The second-order valence-corrected chi connectivity index (χ2v) is 7.07. The lowest BCUT2D eigenvalue weighted by atomic mass is 9.98. The van der Waals surface area contributed by atoms with Gasteiger partial charge < -0.3 is 10.2 Å². The van der Waals surface area contributed by atoms with Crippen LogP contribution in [0, 0.1) is 5.92 Å². The number of hydrogen-bond donors (Lipinski definition) is 1. The lowest BCUT2D eigenvalue weighted by Gasteiger charge is -2.37. The molecular weight excluding hydrogens is 302 g/mol. The third-order valence-corrected chi connectivity index (χ3v) is 4.68. The van der Waals surface area contributed by atoms with Crippen molar-refractivity contribution in [2.24, 2.45) is 5.92 Å². The summed E-state index contributed by atoms with van der Waals surface area (Å²) in [6.45, 7) is 7.58. The minimum Gasteiger partial charge on any atom is -0.352 e. The van der Waals surface area contributed by atoms with Crippen molar-refractivity contribution in [3.05, 3.63) is 30.2 Å². The third-order valence-electron chi connectivity index (χ3n) is 4.68. The molecule has 0 spiro atoms. The SMILES string of the molecule is CC(C)CN1CCCCC1CCNC(=O)c1cccn2cnnc12. The Hall–Kier alpha value is -1.95. The highest BCUT2D eigenvalue weighted by atomic mass is 16.1. The Balaban J connectivity index is 1.55. The molecule has 1 fully saturated rings. The maximum Gasteiger partial charge on any atom is 0.255 e. The molecule has 1 amide bonds. The molecule has 2 aromatic rings. The fraction of sp³-hybridized carbons (Fsp3) is 0.611. The van der Waals surface area contributed by atoms with E-state index in [4.69, 9.17) is 0 Å². The highest BCUT2D eigenvalue weighted by Gasteiger charge is 2.22. The van der Waals surface area contributed by atoms with E-state index in [1.165, 1.54) is 25.8 Å². The van der Waals surface area contributed by atoms with E-state index in [2.05, 4.69) is 34.3 Å². The number of hydrogen-bond acceptors (Lipinski definition) is 4. The molecule has 130 valence electrons. The van der Waals surface area contributed by atoms with Gasteiger partial charge in [-0.3, -0.25) is 9.20 Å². The van der Waals surface area contributed by atoms with Gasteiger partial charge in [-0.05, 0) is 43.9 Å². The lowest BCUT2D eigenvalue weighted by Crippen LogP contribution is -2.43. The first-order chi connectivity index (χ1) is 11.6. The number of amides is 1. The van der Waals surface area contributed by atoms with E-state index in [9.17, 15) is 4.79 Å². The Kier molecular flexibility index (Phi) is 5.45. The summed E-state index contributed by atoms with van der Waals surface area (Å²) < 4.78 is 1.76. The van der Waals surface area contributed by atoms with Gasteiger partial charge in [0.15, 0.2) is 5.65 Å². The van der Waals surface area contributed by atoms with E-state index in [1.807, 2.05) is 12.3 Å². The number of carbonyl (C=O) groups excluding carboxylic acids is 1. The number of rotatable bonds is 6. The van der Waals surface area contributed by atoms with Gasteiger partial charge in [0.25, 0.3) is 5.91 Å². The summed E-state index contributed by atoms with van der Waals surface area (Å²) in [5.74, 6) is 0.616. The predicted molar refractivity (Wildman–Crippen MR) is 94.0 cm³/mol. The molecule has 1 N–H and O–H groups in total. The zero-order valence-corrected chi connectivity index (χ0v) is 14.6. The van der Waals surface area contributed by atoms with Gasteiger partial charge in [-0.1, -0.05) is 20.3 Å². The van der Waals surface area contributed by atoms with Crippen LogP contribution < -0.4 is 5.32 Å². The van der Waals surface area contributed by atoms with Crippen LogP contribution in [0.4, 0.5) is 0 Å². The molecule has 0 aliphatic carbocycles. The number of aromatic nitrogens is 3. The highest BCUT2D eigenvalue weighted by molar-refractivity contribution is 5.99. The van der Waals surface area contributed by atoms with Gasteiger partial charge in [-0.2, -0.15) is 0 Å². The third kappa shape index (κ3) is 3.93. The van der Waals surface area contributed by atoms with Gasteiger partial charge in [0.2, 0.25) is 0 Å². The van der Waals surface area contributed by atoms with Crippen molar-refractivity contribution >= 4 is 11.6 Å². The van der Waals surface area contributed by atoms with Gasteiger partial charge in [0.05, 0.1) is 5.56 Å². The molecule has 0 radical (unpaired) electrons. The van der Waals surface area contributed by atoms with Crippen molar-refractivity contribution in [3.63, 3.8) is 0 Å². The van der Waals surface area contributed by atoms with Crippen molar-refractivity contribution in [3.8, 4) is 0 Å². The second kappa shape index (κ2) is 7.75. The number of piperidine rings is 1. The molecule has 3 heterocycles. The van der Waals surface area contributed by atoms with Crippen LogP contribution in [-0.2, 0) is 0 Å². The molecule has 6 nitrogen and oxygen atoms in total. The Morgan fingerprint density at radius 1 is 1.42 bits per heavy atom. The summed E-state index contributed by atoms with van der Waals surface area (Å²) >= 11 is 0. The standard InChI is InChI=1S/C18H27N5O/c1-14(2)12-22-10-4-3-6-15(22)8-9-19-18(24)16-7-5-11-23-13-20-21-17(16)23/h5,7,11,13-15H,3-4,6,8-10,12H2,1-2H3,(H,19,24). The maximum atomic E-state index is 12.5. The van der Waals surface area contributed by atoms with Crippen LogP contribution in [0.25, 0.3) is 5.65 Å². The zero-order chi connectivity index (χ0) is 16.9. The average Bonchev–Trinajstić information content (AvgIpc) is 3.04. The molecule has 1 unspecified atom stereocenters. The molecule has 0 aromatic carbocycles. The van der Waals surface area contributed by atoms with Crippen LogP contribution in [0.5, 0.6) is 0 Å². The minimum atomic E-state index is -0.0696. The van der Waals surface area contributed by atoms with Crippen LogP contribution in [0.1, 0.15) is 49.9 Å². The van der Waals surface area contributed by atoms with Gasteiger partial charge in [-0.15, -0.1) is 10.2 Å². The Morgan fingerprint density at radius 2 is 2.29 bits per heavy atom. The molecule has 1 atom stereocenters. The van der Waals surface area contributed by atoms with Crippen molar-refractivity contribution < 1.29 is 4.79 Å². The summed E-state index contributed by atoms with van der Waals surface area (Å²) in [6.07, 6.45) is 8.29. The molecule has 3 rings (SSSR count). The Bertz CT molecular complexity index is 681. The smallest absolute Gasteiger partial charge is 0.255 e. The van der Waals surface area contributed by atoms with Crippen LogP contribution in [0.3, 0.4) is 0 Å². The van der Waals surface area contributed by atoms with Crippen molar-refractivity contribution in [1.82, 2.24) is 24.8 Å². The summed E-state index contributed by atoms with van der Waals surface area (Å²) in [7, 11) is 0. The van der Waals surface area contributed by atoms with Crippen LogP contribution in [-0.4, -0.2) is 51.1 Å². The van der Waals surface area contributed by atoms with E-state index in [0.29, 0.717) is 29.7 Å². The van der Waals surface area contributed by atoms with Crippen molar-refractivity contribution in [2.75, 3.05) is 19.6 Å². The molecule has 6 heteroatoms. The summed E-state index contributed by atoms with van der Waals surface area (Å²) in [5, 5.41) is 10.9. The lowest BCUT2D eigenvalue weighted by molar-refractivity contribution is 0.0935. The molecule has 24 heavy (non-hydrogen) atoms. The second-order valence-electron chi connectivity index (χ2n) is 7.07. The first kappa shape index (κ1) is 16.9. The molecule has 0 saturated carbocycles. The first-order valence-corrected chi connectivity index (χ1v) is 8.95. The Morgan fingerprint density at radius 3 is 3.12 bits per heavy atom. The van der Waals surface area contributed by atoms with Crippen molar-refractivity contribution in [1.29, 1.82) is 0 Å². The van der Waals surface area contributed by atoms with Gasteiger partial charge >= 0.3 is 0 Å². The first-order valence-electron chi connectivity index (χ1n) is 8.95. The van der Waals surface area contributed by atoms with E-state index < -0.39 is 0 Å². The predicted octanol–water partition coefficient (Wildman–Crippen LogP) is 2.36. The number of nitrogens with zero attached hydrogens (tertiary/aromatic N) is 4. The number of nitrogens with one attached hydrogen (secondary N) is 1. The fourth-order valence-corrected chi connectivity index (χ4v) is 3.57. The van der Waals surface area contributed by atoms with Gasteiger partial charge in [-0.25, -0.2) is 0 Å². The molecule has 1 aliphatic heterocycles. The van der Waals surface area contributed by atoms with Gasteiger partial charge in [0, 0.05) is 25.3 Å². The summed E-state index contributed by atoms with van der Waals surface area (Å²) in [5.41, 5.74) is 1.19. The summed E-state index contributed by atoms with van der Waals surface area (Å²) in [6, 6.07) is 4.23. The number of likely N-dealkylation sites (tertiary alicyclic amines) is 1. The zero-order valence-electron chi connectivity index (χ0n) is 14.6. The Labute approximate surface area is 143 Å². The number of fused-ring (bicyclic) bond motifs is 1. The largest absolute Gasteiger partial charge is 0.352 e. The van der Waals surface area contributed by atoms with Gasteiger partial charge in [0.1, 0.15) is 6.33 Å². The van der Waals surface area contributed by atoms with E-state index in [0.717, 1.165) is 13.0 Å². The van der Waals surface area contributed by atoms with Crippen LogP contribution in [0.2, 0.25) is 0 Å². The minimum absolute atomic E-state index is 0.0696. The summed E-state index contributed by atoms with van der Waals surface area (Å²) in [4.78, 5) is 15.0. The fourth-order valence-electron chi connectivity index (χ4n) is 3.57. The van der Waals surface area contributed by atoms with Crippen molar-refractivity contribution in [2.45, 2.75) is 45.6 Å². The van der Waals surface area contributed by atoms with E-state index >= 15 is 0 Å². The molecule has 0 bridgehead atoms. The highest BCUT2D eigenvalue weighted by Crippen LogP contribution is 2.20. The quantitative estimate of drug-likeness (QED) is 0.884. The maximum absolute atomic E-state index is 12.5. The van der Waals surface area contributed by atoms with E-state index in [1.54, 1.807) is 16.8 Å². The molecule has 1 aliphatic rings.